The molecule has 0 aromatic carbocycles. The lowest BCUT2D eigenvalue weighted by molar-refractivity contribution is -0.870. The van der Waals surface area contributed by atoms with Gasteiger partial charge in [0.2, 0.25) is 5.91 Å². The van der Waals surface area contributed by atoms with E-state index in [2.05, 4.69) is 104 Å². The smallest absolute Gasteiger partial charge is 0.391 e. The minimum absolute atomic E-state index is 0.0687. The van der Waals surface area contributed by atoms with Crippen molar-refractivity contribution in [2.45, 2.75) is 302 Å². The number of aliphatic hydroxyl groups excluding tert-OH is 1. The maximum Gasteiger partial charge on any atom is 0.472 e. The normalized spacial score (nSPS) is 14.3. The third-order valence-electron chi connectivity index (χ3n) is 14.4. The Kier molecular flexibility index (Phi) is 56.6. The highest BCUT2D eigenvalue weighted by molar-refractivity contribution is 7.47. The molecule has 448 valence electrons. The van der Waals surface area contributed by atoms with Crippen LogP contribution < -0.4 is 5.32 Å². The van der Waals surface area contributed by atoms with Crippen LogP contribution >= 0.6 is 7.82 Å². The summed E-state index contributed by atoms with van der Waals surface area (Å²) in [5.74, 6) is -0.155. The Balaban J connectivity index is 4.16. The molecular formula is C68H126N2O6P+. The fourth-order valence-corrected chi connectivity index (χ4v) is 10.1. The number of amides is 1. The van der Waals surface area contributed by atoms with Crippen LogP contribution in [0.25, 0.3) is 0 Å². The highest BCUT2D eigenvalue weighted by Crippen LogP contribution is 2.43. The lowest BCUT2D eigenvalue weighted by atomic mass is 10.0. The Morgan fingerprint density at radius 1 is 0.455 bits per heavy atom. The second-order valence-corrected chi connectivity index (χ2v) is 24.6. The van der Waals surface area contributed by atoms with E-state index in [1.165, 1.54) is 173 Å². The van der Waals surface area contributed by atoms with Gasteiger partial charge in [0.25, 0.3) is 0 Å². The summed E-state index contributed by atoms with van der Waals surface area (Å²) in [5, 5.41) is 14.1. The number of phosphoric ester groups is 1. The molecule has 0 rings (SSSR count). The molecule has 0 fully saturated rings. The Morgan fingerprint density at radius 3 is 1.14 bits per heavy atom. The summed E-state index contributed by atoms with van der Waals surface area (Å²) in [4.78, 5) is 23.4. The van der Waals surface area contributed by atoms with E-state index in [0.717, 1.165) is 89.9 Å². The molecule has 0 spiro atoms. The van der Waals surface area contributed by atoms with Gasteiger partial charge in [-0.2, -0.15) is 0 Å². The van der Waals surface area contributed by atoms with Crippen LogP contribution in [-0.4, -0.2) is 73.4 Å². The van der Waals surface area contributed by atoms with E-state index in [9.17, 15) is 19.4 Å². The first kappa shape index (κ1) is 74.7. The number of carbonyl (C=O) groups excluding carboxylic acids is 1. The first-order chi connectivity index (χ1) is 37.5. The molecular weight excluding hydrogens is 972 g/mol. The second kappa shape index (κ2) is 58.3. The maximum atomic E-state index is 13.0. The summed E-state index contributed by atoms with van der Waals surface area (Å²) in [6, 6.07) is -0.774. The number of aliphatic hydroxyl groups is 1. The number of likely N-dealkylation sites (N-methyl/N-ethyl adjacent to an activating group) is 1. The summed E-state index contributed by atoms with van der Waals surface area (Å²) in [6.45, 7) is 4.79. The Bertz CT molecular complexity index is 1530. The molecule has 0 aliphatic carbocycles. The Labute approximate surface area is 477 Å². The van der Waals surface area contributed by atoms with Crippen molar-refractivity contribution >= 4 is 13.7 Å². The molecule has 0 saturated carbocycles. The predicted molar refractivity (Wildman–Crippen MR) is 336 cm³/mol. The first-order valence-electron chi connectivity index (χ1n) is 32.5. The van der Waals surface area contributed by atoms with Crippen LogP contribution in [-0.2, 0) is 18.4 Å². The van der Waals surface area contributed by atoms with Crippen molar-refractivity contribution in [3.63, 3.8) is 0 Å². The van der Waals surface area contributed by atoms with Gasteiger partial charge in [0.05, 0.1) is 39.9 Å². The van der Waals surface area contributed by atoms with Crippen molar-refractivity contribution in [1.29, 1.82) is 0 Å². The number of carbonyl (C=O) groups is 1. The molecule has 0 bridgehead atoms. The third-order valence-corrected chi connectivity index (χ3v) is 15.4. The molecule has 0 saturated heterocycles. The number of hydrogen-bond donors (Lipinski definition) is 3. The van der Waals surface area contributed by atoms with Gasteiger partial charge in [0.15, 0.2) is 0 Å². The molecule has 3 N–H and O–H groups in total. The third kappa shape index (κ3) is 61.2. The van der Waals surface area contributed by atoms with Gasteiger partial charge >= 0.3 is 7.82 Å². The summed E-state index contributed by atoms with van der Waals surface area (Å²) in [6.07, 6.45) is 82.3. The van der Waals surface area contributed by atoms with Gasteiger partial charge in [-0.25, -0.2) is 4.57 Å². The highest BCUT2D eigenvalue weighted by Gasteiger charge is 2.28. The summed E-state index contributed by atoms with van der Waals surface area (Å²) >= 11 is 0. The molecule has 1 amide bonds. The van der Waals surface area contributed by atoms with Crippen LogP contribution in [0, 0.1) is 0 Å². The topological polar surface area (TPSA) is 105 Å². The standard InChI is InChI=1S/C68H125N2O6P/c1-6-8-10-12-14-16-18-20-22-24-26-28-30-32-34-35-36-38-40-42-44-46-48-50-52-54-56-58-60-62-68(72)69-66(65-76-77(73,74)75-64-63-70(3,4)5)67(71)61-59-57-55-53-51-49-47-45-43-41-39-37-33-31-29-27-25-23-21-19-17-15-13-11-9-7-2/h8,10,14,16,20,22,26,28,32,34,36,38,42,44,66-67,71H,6-7,9,11-13,15,17-19,21,23-25,27,29-31,33,35,37,39-41,43,45-65H2,1-5H3,(H-,69,72,73,74)/p+1/b10-8-,16-14-,22-20-,28-26-,34-32-,38-36-,44-42-. The number of rotatable bonds is 59. The van der Waals surface area contributed by atoms with E-state index in [-0.39, 0.29) is 19.1 Å². The van der Waals surface area contributed by atoms with E-state index in [0.29, 0.717) is 23.9 Å². The molecule has 3 atom stereocenters. The fraction of sp³-hybridized carbons (Fsp3) is 0.779. The van der Waals surface area contributed by atoms with E-state index in [4.69, 9.17) is 9.05 Å². The minimum Gasteiger partial charge on any atom is -0.391 e. The number of hydrogen-bond acceptors (Lipinski definition) is 5. The molecule has 0 aromatic rings. The summed E-state index contributed by atoms with van der Waals surface area (Å²) in [7, 11) is 1.60. The first-order valence-corrected chi connectivity index (χ1v) is 33.9. The van der Waals surface area contributed by atoms with Gasteiger partial charge < -0.3 is 19.8 Å². The molecule has 9 heteroatoms. The molecule has 3 unspecified atom stereocenters. The predicted octanol–water partition coefficient (Wildman–Crippen LogP) is 20.4. The summed E-state index contributed by atoms with van der Waals surface area (Å²) < 4.78 is 23.9. The number of unbranched alkanes of at least 4 members (excludes halogenated alkanes) is 32. The van der Waals surface area contributed by atoms with Crippen molar-refractivity contribution in [1.82, 2.24) is 5.32 Å². The van der Waals surface area contributed by atoms with Crippen molar-refractivity contribution in [3.8, 4) is 0 Å². The maximum absolute atomic E-state index is 13.0. The van der Waals surface area contributed by atoms with Crippen LogP contribution in [0.15, 0.2) is 85.1 Å². The zero-order chi connectivity index (χ0) is 56.3. The molecule has 0 radical (unpaired) electrons. The Hall–Kier alpha value is -2.32. The van der Waals surface area contributed by atoms with Crippen molar-refractivity contribution in [2.75, 3.05) is 40.9 Å². The van der Waals surface area contributed by atoms with Crippen LogP contribution in [0.2, 0.25) is 0 Å². The number of nitrogens with zero attached hydrogens (tertiary/aromatic N) is 1. The lowest BCUT2D eigenvalue weighted by Crippen LogP contribution is -2.46. The quantitative estimate of drug-likeness (QED) is 0.0243. The zero-order valence-electron chi connectivity index (χ0n) is 51.2. The average Bonchev–Trinajstić information content (AvgIpc) is 3.39. The molecule has 77 heavy (non-hydrogen) atoms. The van der Waals surface area contributed by atoms with E-state index >= 15 is 0 Å². The van der Waals surface area contributed by atoms with Gasteiger partial charge in [0, 0.05) is 6.42 Å². The van der Waals surface area contributed by atoms with E-state index in [1.54, 1.807) is 0 Å². The molecule has 0 aliphatic rings. The largest absolute Gasteiger partial charge is 0.472 e. The van der Waals surface area contributed by atoms with Crippen molar-refractivity contribution < 1.29 is 32.9 Å². The van der Waals surface area contributed by atoms with Crippen LogP contribution in [0.3, 0.4) is 0 Å². The molecule has 0 aliphatic heterocycles. The van der Waals surface area contributed by atoms with Gasteiger partial charge in [-0.05, 0) is 70.6 Å². The molecule has 0 heterocycles. The molecule has 8 nitrogen and oxygen atoms in total. The highest BCUT2D eigenvalue weighted by atomic mass is 31.2. The van der Waals surface area contributed by atoms with Gasteiger partial charge in [0.1, 0.15) is 13.2 Å². The second-order valence-electron chi connectivity index (χ2n) is 23.1. The Morgan fingerprint density at radius 2 is 0.779 bits per heavy atom. The fourth-order valence-electron chi connectivity index (χ4n) is 9.38. The van der Waals surface area contributed by atoms with Gasteiger partial charge in [-0.1, -0.05) is 298 Å². The number of quaternary nitrogens is 1. The summed E-state index contributed by atoms with van der Waals surface area (Å²) in [5.41, 5.74) is 0. The van der Waals surface area contributed by atoms with Crippen LogP contribution in [0.4, 0.5) is 0 Å². The number of allylic oxidation sites excluding steroid dienone is 14. The van der Waals surface area contributed by atoms with Gasteiger partial charge in [-0.3, -0.25) is 13.8 Å². The van der Waals surface area contributed by atoms with E-state index < -0.39 is 20.0 Å². The average molecular weight is 1100 g/mol. The van der Waals surface area contributed by atoms with Crippen LogP contribution in [0.1, 0.15) is 290 Å². The van der Waals surface area contributed by atoms with Crippen LogP contribution in [0.5, 0.6) is 0 Å². The minimum atomic E-state index is -4.34. The van der Waals surface area contributed by atoms with Gasteiger partial charge in [-0.15, -0.1) is 0 Å². The number of nitrogens with one attached hydrogen (secondary N) is 1. The van der Waals surface area contributed by atoms with E-state index in [1.807, 2.05) is 21.1 Å². The lowest BCUT2D eigenvalue weighted by Gasteiger charge is -2.26. The SMILES string of the molecule is CC/C=C\C/C=C\C/C=C\C/C=C\C/C=C\C/C=C\C/C=C\CCCCCCCCCC(=O)NC(COP(=O)(O)OCC[N+](C)(C)C)C(O)CCCCCCCCCCCCCCCCCCCCCCCCCCCC. The monoisotopic (exact) mass is 1100 g/mol. The van der Waals surface area contributed by atoms with Crippen molar-refractivity contribution in [3.05, 3.63) is 85.1 Å². The number of phosphoric acid groups is 1. The zero-order valence-corrected chi connectivity index (χ0v) is 52.1. The van der Waals surface area contributed by atoms with Crippen molar-refractivity contribution in [2.24, 2.45) is 0 Å². The molecule has 0 aromatic heterocycles.